The second-order valence-corrected chi connectivity index (χ2v) is 3.73. The molecule has 1 aromatic rings. The van der Waals surface area contributed by atoms with Gasteiger partial charge in [0.15, 0.2) is 0 Å². The van der Waals surface area contributed by atoms with Gasteiger partial charge < -0.3 is 5.32 Å². The Morgan fingerprint density at radius 3 is 3.00 bits per heavy atom. The first-order valence-corrected chi connectivity index (χ1v) is 4.87. The van der Waals surface area contributed by atoms with Crippen LogP contribution in [0.5, 0.6) is 0 Å². The molecular weight excluding hydrogens is 189 g/mol. The maximum absolute atomic E-state index is 13.4. The summed E-state index contributed by atoms with van der Waals surface area (Å²) in [6, 6.07) is 3.18. The van der Waals surface area contributed by atoms with Gasteiger partial charge in [0.2, 0.25) is 0 Å². The first-order chi connectivity index (χ1) is 6.27. The summed E-state index contributed by atoms with van der Waals surface area (Å²) in [4.78, 5) is 0. The van der Waals surface area contributed by atoms with Crippen LogP contribution in [0, 0.1) is 5.82 Å². The van der Waals surface area contributed by atoms with E-state index in [1.807, 2.05) is 0 Å². The summed E-state index contributed by atoms with van der Waals surface area (Å²) < 4.78 is 13.4. The van der Waals surface area contributed by atoms with Crippen LogP contribution in [0.1, 0.15) is 18.4 Å². The van der Waals surface area contributed by atoms with Crippen LogP contribution in [-0.2, 0) is 6.42 Å². The van der Waals surface area contributed by atoms with Crippen LogP contribution in [0.4, 0.5) is 10.1 Å². The summed E-state index contributed by atoms with van der Waals surface area (Å²) >= 11 is 5.76. The molecule has 1 nitrogen and oxygen atoms in total. The number of benzene rings is 1. The van der Waals surface area contributed by atoms with Crippen LogP contribution in [0.3, 0.4) is 0 Å². The van der Waals surface area contributed by atoms with Gasteiger partial charge in [0.05, 0.1) is 0 Å². The van der Waals surface area contributed by atoms with Gasteiger partial charge in [-0.05, 0) is 31.4 Å². The van der Waals surface area contributed by atoms with Crippen molar-refractivity contribution in [1.82, 2.24) is 0 Å². The molecule has 0 bridgehead atoms. The van der Waals surface area contributed by atoms with Crippen molar-refractivity contribution in [2.24, 2.45) is 0 Å². The lowest BCUT2D eigenvalue weighted by Gasteiger charge is -2.08. The molecule has 2 rings (SSSR count). The molecule has 1 heterocycles. The molecule has 0 radical (unpaired) electrons. The number of hydrogen-bond acceptors (Lipinski definition) is 1. The van der Waals surface area contributed by atoms with E-state index < -0.39 is 0 Å². The summed E-state index contributed by atoms with van der Waals surface area (Å²) in [5.74, 6) is -0.183. The van der Waals surface area contributed by atoms with Gasteiger partial charge in [-0.1, -0.05) is 11.6 Å². The van der Waals surface area contributed by atoms with Crippen molar-refractivity contribution >= 4 is 17.3 Å². The minimum atomic E-state index is -0.183. The lowest BCUT2D eigenvalue weighted by atomic mass is 10.1. The van der Waals surface area contributed by atoms with Crippen molar-refractivity contribution in [3.05, 3.63) is 28.5 Å². The summed E-state index contributed by atoms with van der Waals surface area (Å²) in [5.41, 5.74) is 1.64. The van der Waals surface area contributed by atoms with Crippen LogP contribution in [0.25, 0.3) is 0 Å². The van der Waals surface area contributed by atoms with E-state index in [2.05, 4.69) is 5.32 Å². The lowest BCUT2D eigenvalue weighted by molar-refractivity contribution is 0.607. The molecule has 0 spiro atoms. The van der Waals surface area contributed by atoms with Gasteiger partial charge in [0.1, 0.15) is 5.82 Å². The zero-order valence-electron chi connectivity index (χ0n) is 7.24. The van der Waals surface area contributed by atoms with E-state index >= 15 is 0 Å². The average Bonchev–Trinajstić information content (AvgIpc) is 2.28. The molecule has 0 amide bonds. The molecule has 0 aromatic heterocycles. The molecule has 0 saturated heterocycles. The van der Waals surface area contributed by atoms with Gasteiger partial charge in [0.25, 0.3) is 0 Å². The van der Waals surface area contributed by atoms with Crippen LogP contribution >= 0.6 is 11.6 Å². The first kappa shape index (κ1) is 8.82. The highest BCUT2D eigenvalue weighted by Crippen LogP contribution is 2.27. The van der Waals surface area contributed by atoms with Crippen molar-refractivity contribution in [3.63, 3.8) is 0 Å². The van der Waals surface area contributed by atoms with Gasteiger partial charge in [0, 0.05) is 22.8 Å². The number of rotatable bonds is 0. The molecule has 0 atom stereocenters. The standard InChI is InChI=1S/C10H11ClFN/c11-7-5-9(12)8-3-1-2-4-13-10(8)6-7/h5-6,13H,1-4H2. The fourth-order valence-electron chi connectivity index (χ4n) is 1.67. The number of nitrogens with one attached hydrogen (secondary N) is 1. The molecule has 13 heavy (non-hydrogen) atoms. The normalized spacial score (nSPS) is 15.8. The van der Waals surface area contributed by atoms with Crippen LogP contribution in [0.15, 0.2) is 12.1 Å². The van der Waals surface area contributed by atoms with Gasteiger partial charge >= 0.3 is 0 Å². The summed E-state index contributed by atoms with van der Waals surface area (Å²) in [7, 11) is 0. The third-order valence-electron chi connectivity index (χ3n) is 2.33. The third kappa shape index (κ3) is 1.78. The fraction of sp³-hybridized carbons (Fsp3) is 0.400. The molecule has 3 heteroatoms. The van der Waals surface area contributed by atoms with E-state index in [1.54, 1.807) is 6.07 Å². The van der Waals surface area contributed by atoms with Crippen molar-refractivity contribution in [3.8, 4) is 0 Å². The Balaban J connectivity index is 2.47. The summed E-state index contributed by atoms with van der Waals surface area (Å²) in [6.45, 7) is 0.910. The van der Waals surface area contributed by atoms with Crippen LogP contribution in [-0.4, -0.2) is 6.54 Å². The van der Waals surface area contributed by atoms with Crippen molar-refractivity contribution in [2.45, 2.75) is 19.3 Å². The van der Waals surface area contributed by atoms with Crippen molar-refractivity contribution < 1.29 is 4.39 Å². The Kier molecular flexibility index (Phi) is 2.40. The molecule has 1 aliphatic heterocycles. The van der Waals surface area contributed by atoms with Gasteiger partial charge in [-0.3, -0.25) is 0 Å². The van der Waals surface area contributed by atoms with E-state index in [-0.39, 0.29) is 5.82 Å². The summed E-state index contributed by atoms with van der Waals surface area (Å²) in [5, 5.41) is 3.65. The van der Waals surface area contributed by atoms with Gasteiger partial charge in [-0.2, -0.15) is 0 Å². The second kappa shape index (κ2) is 3.54. The summed E-state index contributed by atoms with van der Waals surface area (Å²) in [6.07, 6.45) is 2.94. The second-order valence-electron chi connectivity index (χ2n) is 3.30. The fourth-order valence-corrected chi connectivity index (χ4v) is 1.87. The van der Waals surface area contributed by atoms with E-state index in [0.29, 0.717) is 5.02 Å². The molecule has 0 saturated carbocycles. The minimum absolute atomic E-state index is 0.183. The zero-order chi connectivity index (χ0) is 9.26. The molecule has 1 aliphatic rings. The van der Waals surface area contributed by atoms with E-state index in [1.165, 1.54) is 6.07 Å². The third-order valence-corrected chi connectivity index (χ3v) is 2.55. The Hall–Kier alpha value is -0.760. The quantitative estimate of drug-likeness (QED) is 0.677. The minimum Gasteiger partial charge on any atom is -0.385 e. The lowest BCUT2D eigenvalue weighted by Crippen LogP contribution is -2.00. The molecule has 0 unspecified atom stereocenters. The SMILES string of the molecule is Fc1cc(Cl)cc2c1CCCCN2. The highest BCUT2D eigenvalue weighted by atomic mass is 35.5. The largest absolute Gasteiger partial charge is 0.385 e. The van der Waals surface area contributed by atoms with Crippen molar-refractivity contribution in [2.75, 3.05) is 11.9 Å². The molecular formula is C10H11ClFN. The molecule has 0 fully saturated rings. The maximum Gasteiger partial charge on any atom is 0.129 e. The monoisotopic (exact) mass is 199 g/mol. The predicted octanol–water partition coefficient (Wildman–Crippen LogP) is 3.23. The number of anilines is 1. The van der Waals surface area contributed by atoms with E-state index in [0.717, 1.165) is 37.1 Å². The predicted molar refractivity (Wildman–Crippen MR) is 52.8 cm³/mol. The number of fused-ring (bicyclic) bond motifs is 1. The topological polar surface area (TPSA) is 12.0 Å². The van der Waals surface area contributed by atoms with Gasteiger partial charge in [-0.15, -0.1) is 0 Å². The van der Waals surface area contributed by atoms with Crippen molar-refractivity contribution in [1.29, 1.82) is 0 Å². The van der Waals surface area contributed by atoms with Gasteiger partial charge in [-0.25, -0.2) is 4.39 Å². The Labute approximate surface area is 81.9 Å². The highest BCUT2D eigenvalue weighted by Gasteiger charge is 2.12. The number of hydrogen-bond donors (Lipinski definition) is 1. The Morgan fingerprint density at radius 2 is 2.15 bits per heavy atom. The Bertz CT molecular complexity index is 325. The average molecular weight is 200 g/mol. The molecule has 0 aliphatic carbocycles. The Morgan fingerprint density at radius 1 is 1.31 bits per heavy atom. The van der Waals surface area contributed by atoms with E-state index in [4.69, 9.17) is 11.6 Å². The number of halogens is 2. The molecule has 1 aromatic carbocycles. The first-order valence-electron chi connectivity index (χ1n) is 4.49. The molecule has 70 valence electrons. The zero-order valence-corrected chi connectivity index (χ0v) is 7.99. The smallest absolute Gasteiger partial charge is 0.129 e. The molecule has 1 N–H and O–H groups in total. The highest BCUT2D eigenvalue weighted by molar-refractivity contribution is 6.30. The van der Waals surface area contributed by atoms with E-state index in [9.17, 15) is 4.39 Å². The maximum atomic E-state index is 13.4. The van der Waals surface area contributed by atoms with Crippen LogP contribution < -0.4 is 5.32 Å². The van der Waals surface area contributed by atoms with Crippen LogP contribution in [0.2, 0.25) is 5.02 Å².